The van der Waals surface area contributed by atoms with E-state index in [-0.39, 0.29) is 23.5 Å². The summed E-state index contributed by atoms with van der Waals surface area (Å²) in [5.41, 5.74) is 1.01. The quantitative estimate of drug-likeness (QED) is 0.924. The monoisotopic (exact) mass is 322 g/mol. The van der Waals surface area contributed by atoms with E-state index in [0.717, 1.165) is 25.1 Å². The highest BCUT2D eigenvalue weighted by atomic mass is 16.1. The summed E-state index contributed by atoms with van der Waals surface area (Å²) >= 11 is 0. The van der Waals surface area contributed by atoms with Gasteiger partial charge >= 0.3 is 0 Å². The van der Waals surface area contributed by atoms with Crippen molar-refractivity contribution in [3.05, 3.63) is 54.5 Å². The Morgan fingerprint density at radius 1 is 1.25 bits per heavy atom. The molecular formula is C19H22N4O. The Morgan fingerprint density at radius 3 is 2.83 bits per heavy atom. The van der Waals surface area contributed by atoms with Gasteiger partial charge in [0.25, 0.3) is 0 Å². The van der Waals surface area contributed by atoms with E-state index >= 15 is 0 Å². The first-order valence-corrected chi connectivity index (χ1v) is 8.58. The Balaban J connectivity index is 1.79. The van der Waals surface area contributed by atoms with Gasteiger partial charge in [0.2, 0.25) is 5.91 Å². The molecule has 2 aromatic rings. The van der Waals surface area contributed by atoms with Crippen molar-refractivity contribution in [1.29, 1.82) is 0 Å². The maximum Gasteiger partial charge on any atom is 0.220 e. The normalized spacial score (nSPS) is 29.7. The van der Waals surface area contributed by atoms with E-state index in [1.54, 1.807) is 12.4 Å². The number of fused-ring (bicyclic) bond motifs is 1. The molecule has 5 nitrogen and oxygen atoms in total. The second-order valence-electron chi connectivity index (χ2n) is 6.98. The first kappa shape index (κ1) is 15.1. The van der Waals surface area contributed by atoms with Gasteiger partial charge in [0.1, 0.15) is 5.82 Å². The van der Waals surface area contributed by atoms with Crippen LogP contribution in [0.4, 0.5) is 5.82 Å². The van der Waals surface area contributed by atoms with Crippen LogP contribution in [0, 0.1) is 0 Å². The number of anilines is 1. The lowest BCUT2D eigenvalue weighted by atomic mass is 9.88. The number of carbonyl (C=O) groups excluding carboxylic acids is 1. The Kier molecular flexibility index (Phi) is 3.71. The molecule has 24 heavy (non-hydrogen) atoms. The van der Waals surface area contributed by atoms with Gasteiger partial charge in [-0.15, -0.1) is 0 Å². The fourth-order valence-electron chi connectivity index (χ4n) is 4.29. The lowest BCUT2D eigenvalue weighted by molar-refractivity contribution is -0.122. The number of benzene rings is 1. The highest BCUT2D eigenvalue weighted by molar-refractivity contribution is 5.77. The van der Waals surface area contributed by atoms with Crippen LogP contribution >= 0.6 is 0 Å². The molecule has 0 saturated carbocycles. The van der Waals surface area contributed by atoms with E-state index in [1.165, 1.54) is 5.56 Å². The van der Waals surface area contributed by atoms with Crippen LogP contribution in [-0.2, 0) is 4.79 Å². The van der Waals surface area contributed by atoms with Gasteiger partial charge in [-0.05, 0) is 31.7 Å². The van der Waals surface area contributed by atoms with Gasteiger partial charge in [0.15, 0.2) is 0 Å². The number of aromatic nitrogens is 2. The molecule has 1 amide bonds. The summed E-state index contributed by atoms with van der Waals surface area (Å²) in [5.74, 6) is 1.05. The minimum atomic E-state index is -0.244. The third-order valence-electron chi connectivity index (χ3n) is 5.33. The van der Waals surface area contributed by atoms with Crippen LogP contribution in [-0.4, -0.2) is 27.5 Å². The van der Waals surface area contributed by atoms with Crippen molar-refractivity contribution in [2.45, 2.75) is 50.2 Å². The van der Waals surface area contributed by atoms with Crippen molar-refractivity contribution >= 4 is 11.7 Å². The summed E-state index contributed by atoms with van der Waals surface area (Å²) in [6.45, 7) is 2.17. The fraction of sp³-hybridized carbons (Fsp3) is 0.421. The number of carbonyl (C=O) groups is 1. The number of amides is 1. The summed E-state index contributed by atoms with van der Waals surface area (Å²) in [6.07, 6.45) is 8.64. The zero-order valence-corrected chi connectivity index (χ0v) is 13.9. The third-order valence-corrected chi connectivity index (χ3v) is 5.33. The Labute approximate surface area is 142 Å². The smallest absolute Gasteiger partial charge is 0.220 e. The zero-order valence-electron chi connectivity index (χ0n) is 13.9. The van der Waals surface area contributed by atoms with Crippen molar-refractivity contribution < 1.29 is 4.79 Å². The van der Waals surface area contributed by atoms with Gasteiger partial charge in [-0.3, -0.25) is 9.78 Å². The molecule has 2 fully saturated rings. The van der Waals surface area contributed by atoms with Gasteiger partial charge in [0, 0.05) is 18.8 Å². The molecule has 2 aliphatic heterocycles. The van der Waals surface area contributed by atoms with Gasteiger partial charge in [-0.2, -0.15) is 0 Å². The molecule has 1 N–H and O–H groups in total. The predicted molar refractivity (Wildman–Crippen MR) is 92.5 cm³/mol. The lowest BCUT2D eigenvalue weighted by Crippen LogP contribution is -2.53. The van der Waals surface area contributed by atoms with Gasteiger partial charge < -0.3 is 10.2 Å². The molecule has 0 radical (unpaired) electrons. The number of rotatable bonds is 2. The maximum absolute atomic E-state index is 12.2. The minimum Gasteiger partial charge on any atom is -0.349 e. The zero-order chi connectivity index (χ0) is 16.6. The molecule has 3 heterocycles. The lowest BCUT2D eigenvalue weighted by Gasteiger charge is -2.35. The number of nitrogens with zero attached hydrogens (tertiary/aromatic N) is 3. The minimum absolute atomic E-state index is 0.160. The van der Waals surface area contributed by atoms with E-state index in [1.807, 2.05) is 12.3 Å². The van der Waals surface area contributed by atoms with E-state index in [9.17, 15) is 4.79 Å². The SMILES string of the molecule is C[C@]12C[C@@H](c3ccccc3)N(c3cnccn3)[C@H]1CCCC(=O)N2. The Bertz CT molecular complexity index is 721. The van der Waals surface area contributed by atoms with Crippen LogP contribution in [0.25, 0.3) is 0 Å². The second-order valence-corrected chi connectivity index (χ2v) is 6.98. The number of hydrogen-bond acceptors (Lipinski definition) is 4. The first-order valence-electron chi connectivity index (χ1n) is 8.58. The summed E-state index contributed by atoms with van der Waals surface area (Å²) in [4.78, 5) is 23.4. The van der Waals surface area contributed by atoms with Crippen LogP contribution < -0.4 is 10.2 Å². The molecule has 0 unspecified atom stereocenters. The van der Waals surface area contributed by atoms with Crippen molar-refractivity contribution in [2.75, 3.05) is 4.90 Å². The predicted octanol–water partition coefficient (Wildman–Crippen LogP) is 2.86. The molecule has 1 aromatic carbocycles. The topological polar surface area (TPSA) is 58.1 Å². The van der Waals surface area contributed by atoms with E-state index in [0.29, 0.717) is 6.42 Å². The van der Waals surface area contributed by atoms with Crippen molar-refractivity contribution in [3.8, 4) is 0 Å². The standard InChI is InChI=1S/C19H22N4O/c1-19-12-15(14-6-3-2-4-7-14)23(17-13-20-10-11-21-17)16(19)8-5-9-18(24)22-19/h2-4,6-7,10-11,13,15-16H,5,8-9,12H2,1H3,(H,22,24)/t15-,16-,19-/m0/s1. The van der Waals surface area contributed by atoms with E-state index in [2.05, 4.69) is 51.4 Å². The maximum atomic E-state index is 12.2. The van der Waals surface area contributed by atoms with Gasteiger partial charge in [-0.1, -0.05) is 30.3 Å². The molecule has 124 valence electrons. The van der Waals surface area contributed by atoms with Crippen LogP contribution in [0.2, 0.25) is 0 Å². The third kappa shape index (κ3) is 2.54. The van der Waals surface area contributed by atoms with Crippen LogP contribution in [0.1, 0.15) is 44.2 Å². The molecule has 0 bridgehead atoms. The molecule has 0 aliphatic carbocycles. The molecule has 2 saturated heterocycles. The summed E-state index contributed by atoms with van der Waals surface area (Å²) in [7, 11) is 0. The van der Waals surface area contributed by atoms with Crippen molar-refractivity contribution in [3.63, 3.8) is 0 Å². The summed E-state index contributed by atoms with van der Waals surface area (Å²) in [5, 5.41) is 3.29. The summed E-state index contributed by atoms with van der Waals surface area (Å²) in [6, 6.07) is 10.9. The Hall–Kier alpha value is -2.43. The Morgan fingerprint density at radius 2 is 2.08 bits per heavy atom. The van der Waals surface area contributed by atoms with Crippen molar-refractivity contribution in [1.82, 2.24) is 15.3 Å². The van der Waals surface area contributed by atoms with Crippen LogP contribution in [0.3, 0.4) is 0 Å². The largest absolute Gasteiger partial charge is 0.349 e. The highest BCUT2D eigenvalue weighted by Crippen LogP contribution is 2.46. The molecular weight excluding hydrogens is 300 g/mol. The molecule has 4 rings (SSSR count). The fourth-order valence-corrected chi connectivity index (χ4v) is 4.29. The van der Waals surface area contributed by atoms with E-state index in [4.69, 9.17) is 0 Å². The molecule has 2 aliphatic rings. The first-order chi connectivity index (χ1) is 11.7. The van der Waals surface area contributed by atoms with Crippen LogP contribution in [0.15, 0.2) is 48.9 Å². The van der Waals surface area contributed by atoms with E-state index < -0.39 is 0 Å². The van der Waals surface area contributed by atoms with Crippen molar-refractivity contribution in [2.24, 2.45) is 0 Å². The number of nitrogens with one attached hydrogen (secondary N) is 1. The molecule has 5 heteroatoms. The van der Waals surface area contributed by atoms with Crippen LogP contribution in [0.5, 0.6) is 0 Å². The summed E-state index contributed by atoms with van der Waals surface area (Å²) < 4.78 is 0. The second kappa shape index (κ2) is 5.89. The van der Waals surface area contributed by atoms with Gasteiger partial charge in [-0.25, -0.2) is 4.98 Å². The molecule has 1 aromatic heterocycles. The molecule has 0 spiro atoms. The van der Waals surface area contributed by atoms with Gasteiger partial charge in [0.05, 0.1) is 23.8 Å². The number of hydrogen-bond donors (Lipinski definition) is 1. The highest BCUT2D eigenvalue weighted by Gasteiger charge is 2.51. The average molecular weight is 322 g/mol. The average Bonchev–Trinajstić information content (AvgIpc) is 2.80. The molecule has 3 atom stereocenters.